The van der Waals surface area contributed by atoms with Gasteiger partial charge in [0.25, 0.3) is 29.3 Å². The van der Waals surface area contributed by atoms with Gasteiger partial charge < -0.3 is 14.4 Å². The van der Waals surface area contributed by atoms with Crippen LogP contribution in [0.25, 0.3) is 0 Å². The molecular weight excluding hydrogens is 1050 g/mol. The van der Waals surface area contributed by atoms with Gasteiger partial charge in [-0.1, -0.05) is 43.1 Å². The van der Waals surface area contributed by atoms with Gasteiger partial charge in [0.1, 0.15) is 23.0 Å². The Bertz CT molecular complexity index is 2820. The topological polar surface area (TPSA) is 181 Å². The average Bonchev–Trinajstić information content (AvgIpc) is 3.60. The molecule has 0 radical (unpaired) electrons. The predicted octanol–water partition coefficient (Wildman–Crippen LogP) is 11.3. The first-order valence-corrected chi connectivity index (χ1v) is 21.0. The normalized spacial score (nSPS) is 13.4. The number of hydrogen-bond donors (Lipinski definition) is 1. The fourth-order valence-electron chi connectivity index (χ4n) is 7.02. The lowest BCUT2D eigenvalue weighted by Crippen LogP contribution is -2.30. The van der Waals surface area contributed by atoms with Crippen molar-refractivity contribution in [3.8, 4) is 28.7 Å². The molecule has 0 aromatic heterocycles. The maximum atomic E-state index is 13.6. The Morgan fingerprint density at radius 1 is 0.525 bits per heavy atom. The summed E-state index contributed by atoms with van der Waals surface area (Å²) in [4.78, 5) is 75.7. The number of rotatable bonds is 11. The van der Waals surface area contributed by atoms with Crippen LogP contribution in [0.3, 0.4) is 0 Å². The van der Waals surface area contributed by atoms with E-state index >= 15 is 0 Å². The highest BCUT2D eigenvalue weighted by molar-refractivity contribution is 9.11. The Labute approximate surface area is 379 Å². The number of hydrogen-bond acceptors (Lipinski definition) is 11. The summed E-state index contributed by atoms with van der Waals surface area (Å²) in [5, 5.41) is 11.3. The summed E-state index contributed by atoms with van der Waals surface area (Å²) in [6.07, 6.45) is 0. The summed E-state index contributed by atoms with van der Waals surface area (Å²) >= 11 is 13.3. The molecule has 2 heterocycles. The molecule has 18 heteroatoms. The van der Waals surface area contributed by atoms with Crippen LogP contribution in [0.5, 0.6) is 28.7 Å². The third-order valence-electron chi connectivity index (χ3n) is 10.1. The van der Waals surface area contributed by atoms with Crippen LogP contribution in [0, 0.1) is 10.1 Å². The van der Waals surface area contributed by atoms with Crippen molar-refractivity contribution in [1.29, 1.82) is 0 Å². The Kier molecular flexibility index (Phi) is 11.2. The van der Waals surface area contributed by atoms with Crippen LogP contribution in [0.4, 0.5) is 17.1 Å². The van der Waals surface area contributed by atoms with Crippen LogP contribution in [-0.2, 0) is 10.4 Å². The van der Waals surface area contributed by atoms with Gasteiger partial charge in [0.2, 0.25) is 0 Å². The number of ether oxygens (including phenoxy) is 2. The second-order valence-corrected chi connectivity index (χ2v) is 17.5. The SMILES string of the molecule is CC(C)(c1ccc(Oc2ccc3c(c2)C(=O)N(c2c(Br)cc(OON)cc2Br)C3=O)cc1)c1ccc(Oc2ccc3c(c2)C(=O)N(c2c(Br)cc([N+](=O)[O-])cc2Br)C3=O)cc1. The zero-order valence-electron chi connectivity index (χ0n) is 31.4. The zero-order chi connectivity index (χ0) is 43.5. The first kappa shape index (κ1) is 42.0. The number of nitro groups is 1. The van der Waals surface area contributed by atoms with E-state index in [1.165, 1.54) is 42.5 Å². The van der Waals surface area contributed by atoms with Gasteiger partial charge in [0, 0.05) is 47.6 Å². The van der Waals surface area contributed by atoms with Gasteiger partial charge in [-0.15, -0.1) is 0 Å². The van der Waals surface area contributed by atoms with Crippen molar-refractivity contribution in [2.24, 2.45) is 5.90 Å². The van der Waals surface area contributed by atoms with E-state index in [1.54, 1.807) is 18.2 Å². The second kappa shape index (κ2) is 16.3. The first-order valence-electron chi connectivity index (χ1n) is 17.9. The lowest BCUT2D eigenvalue weighted by atomic mass is 9.78. The molecule has 306 valence electrons. The van der Waals surface area contributed by atoms with E-state index < -0.39 is 34.0 Å². The largest absolute Gasteiger partial charge is 0.457 e. The zero-order valence-corrected chi connectivity index (χ0v) is 37.7. The molecule has 0 bridgehead atoms. The number of nitrogens with zero attached hydrogens (tertiary/aromatic N) is 3. The molecule has 14 nitrogen and oxygen atoms in total. The summed E-state index contributed by atoms with van der Waals surface area (Å²) in [6, 6.07) is 29.8. The minimum absolute atomic E-state index is 0.131. The van der Waals surface area contributed by atoms with Crippen molar-refractivity contribution in [2.75, 3.05) is 9.80 Å². The molecule has 0 aliphatic carbocycles. The number of nitrogens with two attached hydrogens (primary N) is 1. The van der Waals surface area contributed by atoms with E-state index in [2.05, 4.69) is 82.6 Å². The highest BCUT2D eigenvalue weighted by Crippen LogP contribution is 2.44. The van der Waals surface area contributed by atoms with Crippen molar-refractivity contribution < 1.29 is 43.5 Å². The van der Waals surface area contributed by atoms with E-state index in [-0.39, 0.29) is 54.0 Å². The number of imide groups is 2. The lowest BCUT2D eigenvalue weighted by molar-refractivity contribution is -0.385. The third-order valence-corrected chi connectivity index (χ3v) is 12.6. The van der Waals surface area contributed by atoms with Crippen molar-refractivity contribution >= 4 is 104 Å². The summed E-state index contributed by atoms with van der Waals surface area (Å²) in [7, 11) is 0. The van der Waals surface area contributed by atoms with Gasteiger partial charge in [-0.25, -0.2) is 9.80 Å². The number of non-ortho nitro benzene ring substituents is 1. The molecule has 0 atom stereocenters. The molecule has 2 N–H and O–H groups in total. The maximum Gasteiger partial charge on any atom is 0.271 e. The molecule has 8 rings (SSSR count). The van der Waals surface area contributed by atoms with E-state index in [1.807, 2.05) is 48.5 Å². The monoisotopic (exact) mass is 1070 g/mol. The summed E-state index contributed by atoms with van der Waals surface area (Å²) in [6.45, 7) is 4.15. The first-order chi connectivity index (χ1) is 29.1. The second-order valence-electron chi connectivity index (χ2n) is 14.1. The third kappa shape index (κ3) is 7.63. The number of benzene rings is 6. The van der Waals surface area contributed by atoms with Crippen LogP contribution in [-0.4, -0.2) is 28.6 Å². The van der Waals surface area contributed by atoms with Crippen molar-refractivity contribution in [1.82, 2.24) is 0 Å². The number of amides is 4. The Morgan fingerprint density at radius 3 is 1.26 bits per heavy atom. The molecular formula is C43H26Br4N4O10. The quantitative estimate of drug-likeness (QED) is 0.0564. The molecule has 0 unspecified atom stereocenters. The van der Waals surface area contributed by atoms with E-state index in [0.29, 0.717) is 31.9 Å². The van der Waals surface area contributed by atoms with E-state index in [4.69, 9.17) is 20.3 Å². The highest BCUT2D eigenvalue weighted by atomic mass is 79.9. The maximum absolute atomic E-state index is 13.6. The van der Waals surface area contributed by atoms with Crippen LogP contribution < -0.4 is 30.1 Å². The molecule has 0 saturated heterocycles. The lowest BCUT2D eigenvalue weighted by Gasteiger charge is -2.26. The Morgan fingerprint density at radius 2 is 0.885 bits per heavy atom. The van der Waals surface area contributed by atoms with Crippen molar-refractivity contribution in [3.63, 3.8) is 0 Å². The Hall–Kier alpha value is -5.76. The molecule has 6 aromatic rings. The molecule has 61 heavy (non-hydrogen) atoms. The molecule has 0 saturated carbocycles. The van der Waals surface area contributed by atoms with Gasteiger partial charge in [-0.2, -0.15) is 5.90 Å². The molecule has 6 aromatic carbocycles. The van der Waals surface area contributed by atoms with Gasteiger partial charge in [-0.05, 0) is 136 Å². The number of anilines is 2. The Balaban J connectivity index is 0.938. The van der Waals surface area contributed by atoms with E-state index in [0.717, 1.165) is 20.9 Å². The number of carbonyl (C=O) groups excluding carboxylic acids is 4. The fraction of sp³-hybridized carbons (Fsp3) is 0.0698. The highest BCUT2D eigenvalue weighted by Gasteiger charge is 2.41. The number of nitro benzene ring substituents is 1. The minimum Gasteiger partial charge on any atom is -0.457 e. The molecule has 2 aliphatic heterocycles. The van der Waals surface area contributed by atoms with Gasteiger partial charge in [-0.3, -0.25) is 29.3 Å². The van der Waals surface area contributed by atoms with Crippen LogP contribution >= 0.6 is 63.7 Å². The molecule has 0 fully saturated rings. The van der Waals surface area contributed by atoms with Gasteiger partial charge >= 0.3 is 0 Å². The number of halogens is 4. The van der Waals surface area contributed by atoms with Crippen molar-refractivity contribution in [2.45, 2.75) is 19.3 Å². The fourth-order valence-corrected chi connectivity index (χ4v) is 10.0. The average molecular weight is 1080 g/mol. The van der Waals surface area contributed by atoms with Gasteiger partial charge in [0.15, 0.2) is 5.75 Å². The van der Waals surface area contributed by atoms with E-state index in [9.17, 15) is 29.3 Å². The minimum atomic E-state index is -0.601. The van der Waals surface area contributed by atoms with Crippen LogP contribution in [0.1, 0.15) is 66.4 Å². The van der Waals surface area contributed by atoms with Crippen LogP contribution in [0.2, 0.25) is 0 Å². The molecule has 0 spiro atoms. The van der Waals surface area contributed by atoms with Gasteiger partial charge in [0.05, 0.1) is 38.6 Å². The van der Waals surface area contributed by atoms with Crippen LogP contribution in [0.15, 0.2) is 127 Å². The summed E-state index contributed by atoms with van der Waals surface area (Å²) < 4.78 is 13.4. The molecule has 2 aliphatic rings. The standard InChI is InChI=1S/C43H26Br4N4O10/c1-43(2,21-3-7-24(8-4-21)58-26-11-13-29-31(17-26)41(54)49(39(29)52)37-33(44)15-23(51(56)57)16-34(37)45)22-5-9-25(10-6-22)59-27-12-14-30-32(18-27)42(55)50(40(30)53)38-35(46)19-28(60-61-48)20-36(38)47/h3-20H,48H2,1-2H3. The molecule has 4 amide bonds. The number of carbonyl (C=O) groups is 4. The van der Waals surface area contributed by atoms with Crippen molar-refractivity contribution in [3.05, 3.63) is 171 Å². The summed E-state index contributed by atoms with van der Waals surface area (Å²) in [5.74, 6) is 4.76. The predicted molar refractivity (Wildman–Crippen MR) is 237 cm³/mol. The smallest absolute Gasteiger partial charge is 0.271 e. The summed E-state index contributed by atoms with van der Waals surface area (Å²) in [5.41, 5.74) is 2.46. The number of fused-ring (bicyclic) bond motifs is 2.